The first kappa shape index (κ1) is 15.3. The summed E-state index contributed by atoms with van der Waals surface area (Å²) < 4.78 is 39.6. The Balaban J connectivity index is 2.07. The number of carbonyl (C=O) groups is 1. The van der Waals surface area contributed by atoms with Crippen molar-refractivity contribution in [3.63, 3.8) is 0 Å². The average Bonchev–Trinajstić information content (AvgIpc) is 2.89. The summed E-state index contributed by atoms with van der Waals surface area (Å²) in [5, 5.41) is 5.49. The number of halogens is 2. The van der Waals surface area contributed by atoms with Crippen LogP contribution in [0.5, 0.6) is 17.2 Å². The van der Waals surface area contributed by atoms with Crippen LogP contribution in [-0.4, -0.2) is 32.9 Å². The summed E-state index contributed by atoms with van der Waals surface area (Å²) in [5.74, 6) is 0.556. The largest absolute Gasteiger partial charge is 0.454 e. The molecule has 21 heavy (non-hydrogen) atoms. The normalized spacial score (nSPS) is 12.6. The molecule has 0 unspecified atom stereocenters. The van der Waals surface area contributed by atoms with Gasteiger partial charge in [0.1, 0.15) is 5.75 Å². The maximum absolute atomic E-state index is 12.4. The van der Waals surface area contributed by atoms with E-state index in [-0.39, 0.29) is 25.0 Å². The van der Waals surface area contributed by atoms with Crippen LogP contribution in [0.3, 0.4) is 0 Å². The van der Waals surface area contributed by atoms with Crippen LogP contribution in [0, 0.1) is 0 Å². The molecule has 1 aromatic carbocycles. The molecule has 0 fully saturated rings. The SMILES string of the molecule is CNCCC(=O)NCc1cc2c(cc1OC(F)F)OCO2. The molecule has 0 aliphatic carbocycles. The van der Waals surface area contributed by atoms with Crippen molar-refractivity contribution >= 4 is 5.91 Å². The van der Waals surface area contributed by atoms with E-state index in [4.69, 9.17) is 9.47 Å². The molecule has 2 rings (SSSR count). The molecule has 116 valence electrons. The van der Waals surface area contributed by atoms with Crippen molar-refractivity contribution in [3.05, 3.63) is 17.7 Å². The highest BCUT2D eigenvalue weighted by Gasteiger charge is 2.20. The lowest BCUT2D eigenvalue weighted by Gasteiger charge is -2.12. The lowest BCUT2D eigenvalue weighted by atomic mass is 10.1. The van der Waals surface area contributed by atoms with Crippen molar-refractivity contribution in [1.29, 1.82) is 0 Å². The lowest BCUT2D eigenvalue weighted by Crippen LogP contribution is -2.26. The third-order valence-electron chi connectivity index (χ3n) is 2.85. The Morgan fingerprint density at radius 3 is 2.76 bits per heavy atom. The van der Waals surface area contributed by atoms with Crippen LogP contribution < -0.4 is 24.8 Å². The van der Waals surface area contributed by atoms with E-state index in [2.05, 4.69) is 15.4 Å². The van der Waals surface area contributed by atoms with Crippen molar-refractivity contribution in [2.75, 3.05) is 20.4 Å². The summed E-state index contributed by atoms with van der Waals surface area (Å²) in [6, 6.07) is 2.86. The molecule has 8 heteroatoms. The monoisotopic (exact) mass is 302 g/mol. The first-order valence-electron chi connectivity index (χ1n) is 6.38. The Morgan fingerprint density at radius 2 is 2.10 bits per heavy atom. The Morgan fingerprint density at radius 1 is 1.38 bits per heavy atom. The van der Waals surface area contributed by atoms with Gasteiger partial charge < -0.3 is 24.8 Å². The number of hydrogen-bond donors (Lipinski definition) is 2. The fourth-order valence-electron chi connectivity index (χ4n) is 1.83. The lowest BCUT2D eigenvalue weighted by molar-refractivity contribution is -0.121. The van der Waals surface area contributed by atoms with Crippen LogP contribution in [0.15, 0.2) is 12.1 Å². The van der Waals surface area contributed by atoms with Gasteiger partial charge in [0, 0.05) is 31.1 Å². The van der Waals surface area contributed by atoms with Gasteiger partial charge in [0.05, 0.1) is 0 Å². The van der Waals surface area contributed by atoms with Gasteiger partial charge in [0.2, 0.25) is 12.7 Å². The molecule has 1 heterocycles. The third-order valence-corrected chi connectivity index (χ3v) is 2.85. The second-order valence-electron chi connectivity index (χ2n) is 4.32. The Kier molecular flexibility index (Phi) is 5.15. The highest BCUT2D eigenvalue weighted by molar-refractivity contribution is 5.76. The molecule has 0 aromatic heterocycles. The number of fused-ring (bicyclic) bond motifs is 1. The molecule has 2 N–H and O–H groups in total. The van der Waals surface area contributed by atoms with E-state index in [0.717, 1.165) is 0 Å². The predicted molar refractivity (Wildman–Crippen MR) is 69.6 cm³/mol. The highest BCUT2D eigenvalue weighted by atomic mass is 19.3. The number of ether oxygens (including phenoxy) is 3. The second kappa shape index (κ2) is 7.07. The molecule has 0 atom stereocenters. The fraction of sp³-hybridized carbons (Fsp3) is 0.462. The Hall–Kier alpha value is -2.09. The second-order valence-corrected chi connectivity index (χ2v) is 4.32. The van der Waals surface area contributed by atoms with E-state index >= 15 is 0 Å². The zero-order valence-electron chi connectivity index (χ0n) is 11.4. The smallest absolute Gasteiger partial charge is 0.387 e. The standard InChI is InChI=1S/C13H16F2N2O4/c1-16-3-2-12(18)17-6-8-4-10-11(20-7-19-10)5-9(8)21-13(14)15/h4-5,13,16H,2-3,6-7H2,1H3,(H,17,18). The van der Waals surface area contributed by atoms with Crippen LogP contribution in [0.4, 0.5) is 8.78 Å². The number of hydrogen-bond acceptors (Lipinski definition) is 5. The third kappa shape index (κ3) is 4.19. The molecule has 0 saturated carbocycles. The van der Waals surface area contributed by atoms with Gasteiger partial charge in [-0.1, -0.05) is 0 Å². The molecule has 1 aliphatic rings. The number of nitrogens with one attached hydrogen (secondary N) is 2. The van der Waals surface area contributed by atoms with Gasteiger partial charge in [-0.25, -0.2) is 0 Å². The molecule has 0 spiro atoms. The minimum atomic E-state index is -2.95. The first-order chi connectivity index (χ1) is 10.1. The van der Waals surface area contributed by atoms with Crippen molar-refractivity contribution in [2.24, 2.45) is 0 Å². The summed E-state index contributed by atoms with van der Waals surface area (Å²) in [6.45, 7) is -2.32. The molecule has 1 amide bonds. The van der Waals surface area contributed by atoms with Crippen LogP contribution in [-0.2, 0) is 11.3 Å². The average molecular weight is 302 g/mol. The molecule has 0 bridgehead atoms. The number of carbonyl (C=O) groups excluding carboxylic acids is 1. The molecule has 1 aromatic rings. The van der Waals surface area contributed by atoms with E-state index < -0.39 is 6.61 Å². The quantitative estimate of drug-likeness (QED) is 0.793. The van der Waals surface area contributed by atoms with E-state index in [0.29, 0.717) is 30.0 Å². The summed E-state index contributed by atoms with van der Waals surface area (Å²) in [6.07, 6.45) is 0.298. The molecular formula is C13H16F2N2O4. The van der Waals surface area contributed by atoms with Crippen molar-refractivity contribution in [1.82, 2.24) is 10.6 Å². The molecule has 0 radical (unpaired) electrons. The summed E-state index contributed by atoms with van der Waals surface area (Å²) in [5.41, 5.74) is 0.400. The minimum absolute atomic E-state index is 0.0292. The predicted octanol–water partition coefficient (Wildman–Crippen LogP) is 1.24. The van der Waals surface area contributed by atoms with E-state index in [1.165, 1.54) is 12.1 Å². The van der Waals surface area contributed by atoms with Gasteiger partial charge in [0.25, 0.3) is 0 Å². The minimum Gasteiger partial charge on any atom is -0.454 e. The Labute approximate surface area is 120 Å². The van der Waals surface area contributed by atoms with Crippen molar-refractivity contribution in [3.8, 4) is 17.2 Å². The van der Waals surface area contributed by atoms with Gasteiger partial charge in [-0.15, -0.1) is 0 Å². The maximum Gasteiger partial charge on any atom is 0.387 e. The van der Waals surface area contributed by atoms with Crippen LogP contribution in [0.25, 0.3) is 0 Å². The van der Waals surface area contributed by atoms with Gasteiger partial charge in [-0.2, -0.15) is 8.78 Å². The molecular weight excluding hydrogens is 286 g/mol. The van der Waals surface area contributed by atoms with E-state index in [1.807, 2.05) is 0 Å². The number of alkyl halides is 2. The van der Waals surface area contributed by atoms with Crippen LogP contribution in [0.1, 0.15) is 12.0 Å². The molecule has 0 saturated heterocycles. The topological polar surface area (TPSA) is 68.8 Å². The van der Waals surface area contributed by atoms with E-state index in [1.54, 1.807) is 7.05 Å². The van der Waals surface area contributed by atoms with Gasteiger partial charge in [0.15, 0.2) is 11.5 Å². The summed E-state index contributed by atoms with van der Waals surface area (Å²) in [7, 11) is 1.74. The van der Waals surface area contributed by atoms with Gasteiger partial charge in [-0.05, 0) is 13.1 Å². The highest BCUT2D eigenvalue weighted by Crippen LogP contribution is 2.38. The number of benzene rings is 1. The van der Waals surface area contributed by atoms with E-state index in [9.17, 15) is 13.6 Å². The zero-order chi connectivity index (χ0) is 15.2. The molecule has 1 aliphatic heterocycles. The number of rotatable bonds is 7. The zero-order valence-corrected chi connectivity index (χ0v) is 11.4. The van der Waals surface area contributed by atoms with Gasteiger partial charge >= 0.3 is 6.61 Å². The van der Waals surface area contributed by atoms with Crippen molar-refractivity contribution < 1.29 is 27.8 Å². The number of amides is 1. The summed E-state index contributed by atoms with van der Waals surface area (Å²) >= 11 is 0. The van der Waals surface area contributed by atoms with Crippen molar-refractivity contribution in [2.45, 2.75) is 19.6 Å². The Bertz CT molecular complexity index is 511. The van der Waals surface area contributed by atoms with Crippen LogP contribution >= 0.6 is 0 Å². The first-order valence-corrected chi connectivity index (χ1v) is 6.38. The maximum atomic E-state index is 12.4. The fourth-order valence-corrected chi connectivity index (χ4v) is 1.83. The molecule has 6 nitrogen and oxygen atoms in total. The van der Waals surface area contributed by atoms with Crippen LogP contribution in [0.2, 0.25) is 0 Å². The van der Waals surface area contributed by atoms with Gasteiger partial charge in [-0.3, -0.25) is 4.79 Å². The summed E-state index contributed by atoms with van der Waals surface area (Å²) in [4.78, 5) is 11.5.